The van der Waals surface area contributed by atoms with Crippen molar-refractivity contribution in [3.05, 3.63) is 0 Å². The van der Waals surface area contributed by atoms with Gasteiger partial charge in [-0.1, -0.05) is 0 Å². The molecule has 0 radical (unpaired) electrons. The van der Waals surface area contributed by atoms with Gasteiger partial charge in [0.05, 0.1) is 0 Å². The minimum atomic E-state index is -1.00. The first kappa shape index (κ1) is 22.1. The molecule has 0 N–H and O–H groups in total. The summed E-state index contributed by atoms with van der Waals surface area (Å²) in [5.41, 5.74) is 0. The maximum atomic E-state index is 2.68. The Balaban J connectivity index is 5.89. The summed E-state index contributed by atoms with van der Waals surface area (Å²) in [6, 6.07) is 0. The quantitative estimate of drug-likeness (QED) is 0.353. The average Bonchev–Trinajstić information content (AvgIpc) is 1.88. The molecule has 0 atom stereocenters. The third-order valence-corrected chi connectivity index (χ3v) is 77.9. The van der Waals surface area contributed by atoms with E-state index in [4.69, 9.17) is 0 Å². The second-order valence-electron chi connectivity index (χ2n) is 10.7. The Hall–Kier alpha value is 2.10. The van der Waals surface area contributed by atoms with Gasteiger partial charge < -0.3 is 0 Å². The van der Waals surface area contributed by atoms with Crippen LogP contribution in [0.1, 0.15) is 0 Å². The topological polar surface area (TPSA) is 0 Å². The molecule has 0 aliphatic carbocycles. The molecule has 120 valence electrons. The van der Waals surface area contributed by atoms with E-state index in [-0.39, 0.29) is 0 Å². The molecule has 0 saturated heterocycles. The SMILES string of the molecule is C[Si](C)(C)[CH]([Ge](=[W])[CH]([Si](C)(C)C)[Si](C)(C)C)[Si](C)(C)C. The number of hydrogen-bond donors (Lipinski definition) is 0. The van der Waals surface area contributed by atoms with E-state index >= 15 is 0 Å². The van der Waals surface area contributed by atoms with Crippen LogP contribution in [0.5, 0.6) is 0 Å². The Morgan fingerprint density at radius 2 is 0.650 bits per heavy atom. The van der Waals surface area contributed by atoms with E-state index in [9.17, 15) is 0 Å². The van der Waals surface area contributed by atoms with Gasteiger partial charge in [0.1, 0.15) is 0 Å². The zero-order valence-corrected chi connectivity index (χ0v) is 25.1. The van der Waals surface area contributed by atoms with Crippen molar-refractivity contribution in [2.24, 2.45) is 0 Å². The molecular weight excluding hydrogens is 537 g/mol. The second-order valence-corrected chi connectivity index (χ2v) is 50.9. The van der Waals surface area contributed by atoms with Gasteiger partial charge in [-0.15, -0.1) is 0 Å². The minimum absolute atomic E-state index is 0.929. The van der Waals surface area contributed by atoms with E-state index in [1.807, 2.05) is 0 Å². The summed E-state index contributed by atoms with van der Waals surface area (Å²) in [7, 11) is -4.02. The van der Waals surface area contributed by atoms with Crippen LogP contribution >= 0.6 is 0 Å². The molecule has 0 aliphatic heterocycles. The van der Waals surface area contributed by atoms with Crippen molar-refractivity contribution in [1.29, 1.82) is 0 Å². The molecule has 0 spiro atoms. The molecule has 0 aromatic carbocycles. The zero-order valence-electron chi connectivity index (χ0n) is 16.1. The van der Waals surface area contributed by atoms with Crippen molar-refractivity contribution in [2.45, 2.75) is 86.6 Å². The normalized spacial score (nSPS) is 15.1. The van der Waals surface area contributed by atoms with Gasteiger partial charge in [0.2, 0.25) is 0 Å². The molecular formula is C14H38GeSi4W. The van der Waals surface area contributed by atoms with E-state index in [0.29, 0.717) is 0 Å². The van der Waals surface area contributed by atoms with Crippen LogP contribution in [0.25, 0.3) is 0 Å². The fourth-order valence-electron chi connectivity index (χ4n) is 4.47. The molecule has 0 amide bonds. The van der Waals surface area contributed by atoms with Gasteiger partial charge in [-0.25, -0.2) is 0 Å². The molecule has 0 aliphatic rings. The second kappa shape index (κ2) is 6.92. The summed E-state index contributed by atoms with van der Waals surface area (Å²) >= 11 is 1.14. The van der Waals surface area contributed by atoms with E-state index in [1.165, 1.54) is 7.99 Å². The molecule has 0 saturated carbocycles. The van der Waals surface area contributed by atoms with Crippen LogP contribution in [0.3, 0.4) is 0 Å². The molecule has 20 heavy (non-hydrogen) atoms. The van der Waals surface area contributed by atoms with Crippen molar-refractivity contribution >= 4 is 43.4 Å². The van der Waals surface area contributed by atoms with Gasteiger partial charge in [0, 0.05) is 0 Å². The van der Waals surface area contributed by atoms with Gasteiger partial charge in [-0.3, -0.25) is 0 Å². The molecule has 6 heteroatoms. The summed E-state index contributed by atoms with van der Waals surface area (Å²) in [5, 5.41) is 0. The summed E-state index contributed by atoms with van der Waals surface area (Å²) < 4.78 is 2.52. The maximum absolute atomic E-state index is 2.68. The Kier molecular flexibility index (Phi) is 7.64. The molecule has 0 aromatic rings. The van der Waals surface area contributed by atoms with E-state index in [0.717, 1.165) is 0 Å². The Labute approximate surface area is 146 Å². The average molecular weight is 575 g/mol. The van der Waals surface area contributed by atoms with E-state index in [1.54, 1.807) is 0 Å². The Bertz CT molecular complexity index is 293. The van der Waals surface area contributed by atoms with Gasteiger partial charge in [0.25, 0.3) is 0 Å². The monoisotopic (exact) mass is 576 g/mol. The predicted molar refractivity (Wildman–Crippen MR) is 107 cm³/mol. The standard InChI is InChI=1S/C14H38GeSi4.W/c1-16(2,3)13(17(4,5)6)15-14(18(7,8)9)19(10,11)12;/h13-14H,1-12H3;. The predicted octanol–water partition coefficient (Wildman–Crippen LogP) is 5.77. The number of hydrogen-bond acceptors (Lipinski definition) is 0. The van der Waals surface area contributed by atoms with E-state index in [2.05, 4.69) is 95.6 Å². The number of rotatable bonds is 6. The van der Waals surface area contributed by atoms with Crippen molar-refractivity contribution in [3.8, 4) is 0 Å². The van der Waals surface area contributed by atoms with Gasteiger partial charge >= 0.3 is 147 Å². The summed E-state index contributed by atoms with van der Waals surface area (Å²) in [5.74, 6) is 0. The van der Waals surface area contributed by atoms with Crippen molar-refractivity contribution in [3.63, 3.8) is 0 Å². The van der Waals surface area contributed by atoms with Crippen LogP contribution in [0.2, 0.25) is 86.6 Å². The molecule has 0 rings (SSSR count). The third-order valence-electron chi connectivity index (χ3n) is 4.03. The first-order chi connectivity index (χ1) is 8.40. The van der Waals surface area contributed by atoms with Crippen LogP contribution < -0.4 is 0 Å². The fraction of sp³-hybridized carbons (Fsp3) is 1.00. The summed E-state index contributed by atoms with van der Waals surface area (Å²) in [6.45, 7) is 32.1. The molecule has 0 fully saturated rings. The first-order valence-electron chi connectivity index (χ1n) is 7.94. The van der Waals surface area contributed by atoms with Gasteiger partial charge in [-0.05, 0) is 0 Å². The zero-order chi connectivity index (χ0) is 16.7. The van der Waals surface area contributed by atoms with E-state index < -0.39 is 43.4 Å². The molecule has 0 aromatic heterocycles. The van der Waals surface area contributed by atoms with Crippen LogP contribution in [0.15, 0.2) is 0 Å². The van der Waals surface area contributed by atoms with Crippen molar-refractivity contribution in [1.82, 2.24) is 0 Å². The molecule has 0 bridgehead atoms. The first-order valence-corrected chi connectivity index (χ1v) is 33.1. The summed E-state index contributed by atoms with van der Waals surface area (Å²) in [4.78, 5) is 0. The molecule has 0 nitrogen and oxygen atoms in total. The fourth-order valence-corrected chi connectivity index (χ4v) is 137. The van der Waals surface area contributed by atoms with Gasteiger partial charge in [-0.2, -0.15) is 0 Å². The van der Waals surface area contributed by atoms with Crippen LogP contribution in [-0.2, 0) is 17.0 Å². The van der Waals surface area contributed by atoms with Gasteiger partial charge in [0.15, 0.2) is 0 Å². The van der Waals surface area contributed by atoms with Crippen LogP contribution in [0, 0.1) is 0 Å². The van der Waals surface area contributed by atoms with Crippen LogP contribution in [-0.4, -0.2) is 43.4 Å². The Morgan fingerprint density at radius 3 is 0.750 bits per heavy atom. The Morgan fingerprint density at radius 1 is 0.500 bits per heavy atom. The van der Waals surface area contributed by atoms with Crippen molar-refractivity contribution in [2.75, 3.05) is 0 Å². The van der Waals surface area contributed by atoms with Crippen molar-refractivity contribution < 1.29 is 17.0 Å². The van der Waals surface area contributed by atoms with Crippen LogP contribution in [0.4, 0.5) is 0 Å². The molecule has 0 unspecified atom stereocenters. The molecule has 0 heterocycles. The summed E-state index contributed by atoms with van der Waals surface area (Å²) in [6.07, 6.45) is 0. The third kappa shape index (κ3) is 6.31.